The lowest BCUT2D eigenvalue weighted by Crippen LogP contribution is -2.10. The monoisotopic (exact) mass is 744 g/mol. The van der Waals surface area contributed by atoms with Crippen LogP contribution in [0, 0.1) is 0 Å². The standard InChI is InChI=1S/C55H40N2O/c1-37-35-43(36-51-53(37)54-50(57(51)44-17-9-4-10-18-44)34-33-49-48-19-11-12-20-52(48)58-55(49)54)42-25-31-47(32-26-42)56(45-27-21-40(22-28-45)38-13-5-2-6-14-38)46-29-23-41(24-30-46)39-15-7-3-8-16-39/h2-34,36-37H,35H2,1H3. The number of rotatable bonds is 7. The maximum atomic E-state index is 6.67. The fraction of sp³-hybridized carbons (Fsp3) is 0.0545. The Hall–Kier alpha value is -7.36. The number of benzene rings is 8. The molecule has 0 spiro atoms. The number of furan rings is 1. The van der Waals surface area contributed by atoms with Gasteiger partial charge in [-0.25, -0.2) is 0 Å². The molecular formula is C55H40N2O. The SMILES string of the molecule is CC1CC(c2ccc(N(c3ccc(-c4ccccc4)cc3)c3ccc(-c4ccccc4)cc3)cc2)=Cc2c1c1c3oc4ccccc4c3ccc1n2-c1ccccc1. The van der Waals surface area contributed by atoms with Gasteiger partial charge in [0, 0.05) is 38.9 Å². The molecule has 10 aromatic rings. The number of anilines is 3. The van der Waals surface area contributed by atoms with E-state index in [-0.39, 0.29) is 5.92 Å². The van der Waals surface area contributed by atoms with E-state index >= 15 is 0 Å². The first-order valence-electron chi connectivity index (χ1n) is 20.1. The molecule has 1 aliphatic carbocycles. The highest BCUT2D eigenvalue weighted by Gasteiger charge is 2.29. The summed E-state index contributed by atoms with van der Waals surface area (Å²) >= 11 is 0. The molecule has 276 valence electrons. The third kappa shape index (κ3) is 5.74. The summed E-state index contributed by atoms with van der Waals surface area (Å²) in [6, 6.07) is 71.8. The second-order valence-corrected chi connectivity index (χ2v) is 15.4. The molecule has 0 radical (unpaired) electrons. The molecule has 1 atom stereocenters. The quantitative estimate of drug-likeness (QED) is 0.162. The Labute approximate surface area is 338 Å². The molecule has 0 saturated heterocycles. The van der Waals surface area contributed by atoms with Crippen molar-refractivity contribution in [1.29, 1.82) is 0 Å². The van der Waals surface area contributed by atoms with Crippen LogP contribution in [0.4, 0.5) is 17.1 Å². The molecule has 0 saturated carbocycles. The molecule has 1 aliphatic rings. The highest BCUT2D eigenvalue weighted by atomic mass is 16.3. The van der Waals surface area contributed by atoms with Crippen molar-refractivity contribution in [2.24, 2.45) is 0 Å². The molecule has 0 bridgehead atoms. The zero-order chi connectivity index (χ0) is 38.6. The number of hydrogen-bond acceptors (Lipinski definition) is 2. The lowest BCUT2D eigenvalue weighted by molar-refractivity contribution is 0.671. The second kappa shape index (κ2) is 14.0. The van der Waals surface area contributed by atoms with E-state index in [4.69, 9.17) is 4.42 Å². The predicted octanol–water partition coefficient (Wildman–Crippen LogP) is 15.4. The molecule has 0 N–H and O–H groups in total. The third-order valence-corrected chi connectivity index (χ3v) is 11.9. The number of aromatic nitrogens is 1. The normalized spacial score (nSPS) is 13.8. The summed E-state index contributed by atoms with van der Waals surface area (Å²) in [7, 11) is 0. The minimum atomic E-state index is 0.281. The molecule has 8 aromatic carbocycles. The van der Waals surface area contributed by atoms with Crippen molar-refractivity contribution >= 4 is 61.6 Å². The average molecular weight is 745 g/mol. The fourth-order valence-corrected chi connectivity index (χ4v) is 9.10. The number of hydrogen-bond donors (Lipinski definition) is 0. The maximum absolute atomic E-state index is 6.67. The molecule has 11 rings (SSSR count). The van der Waals surface area contributed by atoms with Gasteiger partial charge in [0.2, 0.25) is 0 Å². The van der Waals surface area contributed by atoms with E-state index in [2.05, 4.69) is 223 Å². The van der Waals surface area contributed by atoms with E-state index in [1.807, 2.05) is 0 Å². The second-order valence-electron chi connectivity index (χ2n) is 15.4. The third-order valence-electron chi connectivity index (χ3n) is 11.9. The van der Waals surface area contributed by atoms with Gasteiger partial charge in [0.05, 0.1) is 11.2 Å². The van der Waals surface area contributed by atoms with E-state index in [1.165, 1.54) is 60.9 Å². The van der Waals surface area contributed by atoms with Crippen molar-refractivity contribution in [3.05, 3.63) is 217 Å². The summed E-state index contributed by atoms with van der Waals surface area (Å²) in [5, 5.41) is 3.55. The zero-order valence-corrected chi connectivity index (χ0v) is 32.2. The van der Waals surface area contributed by atoms with Gasteiger partial charge in [-0.15, -0.1) is 0 Å². The summed E-state index contributed by atoms with van der Waals surface area (Å²) in [4.78, 5) is 2.36. The smallest absolute Gasteiger partial charge is 0.145 e. The topological polar surface area (TPSA) is 21.3 Å². The Morgan fingerprint density at radius 3 is 1.57 bits per heavy atom. The molecule has 0 aliphatic heterocycles. The van der Waals surface area contributed by atoms with Crippen LogP contribution in [0.5, 0.6) is 0 Å². The highest BCUT2D eigenvalue weighted by molar-refractivity contribution is 6.17. The van der Waals surface area contributed by atoms with Gasteiger partial charge < -0.3 is 13.9 Å². The van der Waals surface area contributed by atoms with Crippen LogP contribution in [-0.2, 0) is 0 Å². The Bertz CT molecular complexity index is 3020. The fourth-order valence-electron chi connectivity index (χ4n) is 9.10. The average Bonchev–Trinajstić information content (AvgIpc) is 3.84. The van der Waals surface area contributed by atoms with Crippen molar-refractivity contribution in [1.82, 2.24) is 4.57 Å². The van der Waals surface area contributed by atoms with E-state index in [0.29, 0.717) is 0 Å². The Morgan fingerprint density at radius 2 is 0.983 bits per heavy atom. The largest absolute Gasteiger partial charge is 0.455 e. The van der Waals surface area contributed by atoms with Gasteiger partial charge in [-0.05, 0) is 124 Å². The predicted molar refractivity (Wildman–Crippen MR) is 243 cm³/mol. The number of para-hydroxylation sites is 2. The molecule has 3 heteroatoms. The van der Waals surface area contributed by atoms with Crippen molar-refractivity contribution in [3.8, 4) is 27.9 Å². The van der Waals surface area contributed by atoms with Crippen molar-refractivity contribution in [2.45, 2.75) is 19.3 Å². The van der Waals surface area contributed by atoms with Gasteiger partial charge in [0.1, 0.15) is 11.2 Å². The summed E-state index contributed by atoms with van der Waals surface area (Å²) in [6.07, 6.45) is 3.36. The van der Waals surface area contributed by atoms with Gasteiger partial charge in [-0.3, -0.25) is 0 Å². The van der Waals surface area contributed by atoms with E-state index in [9.17, 15) is 0 Å². The van der Waals surface area contributed by atoms with Crippen molar-refractivity contribution in [2.75, 3.05) is 4.90 Å². The lowest BCUT2D eigenvalue weighted by Gasteiger charge is -2.27. The van der Waals surface area contributed by atoms with Gasteiger partial charge in [0.15, 0.2) is 0 Å². The summed E-state index contributed by atoms with van der Waals surface area (Å²) in [5.74, 6) is 0.281. The van der Waals surface area contributed by atoms with Crippen LogP contribution in [0.25, 0.3) is 72.4 Å². The zero-order valence-electron chi connectivity index (χ0n) is 32.2. The van der Waals surface area contributed by atoms with Gasteiger partial charge in [-0.1, -0.05) is 140 Å². The molecule has 58 heavy (non-hydrogen) atoms. The lowest BCUT2D eigenvalue weighted by atomic mass is 9.83. The Kier molecular flexibility index (Phi) is 8.18. The maximum Gasteiger partial charge on any atom is 0.145 e. The minimum absolute atomic E-state index is 0.281. The molecule has 1 unspecified atom stereocenters. The molecule has 2 aromatic heterocycles. The first-order chi connectivity index (χ1) is 28.7. The summed E-state index contributed by atoms with van der Waals surface area (Å²) in [5.41, 5.74) is 17.5. The number of allylic oxidation sites excluding steroid dienone is 1. The van der Waals surface area contributed by atoms with E-state index in [0.717, 1.165) is 45.7 Å². The first-order valence-corrected chi connectivity index (χ1v) is 20.1. The molecule has 2 heterocycles. The minimum Gasteiger partial charge on any atom is -0.455 e. The summed E-state index contributed by atoms with van der Waals surface area (Å²) < 4.78 is 9.10. The van der Waals surface area contributed by atoms with Gasteiger partial charge in [-0.2, -0.15) is 0 Å². The number of fused-ring (bicyclic) bond motifs is 7. The van der Waals surface area contributed by atoms with E-state index < -0.39 is 0 Å². The van der Waals surface area contributed by atoms with Crippen LogP contribution in [-0.4, -0.2) is 4.57 Å². The van der Waals surface area contributed by atoms with E-state index in [1.54, 1.807) is 0 Å². The van der Waals surface area contributed by atoms with Crippen molar-refractivity contribution < 1.29 is 4.42 Å². The number of nitrogens with zero attached hydrogens (tertiary/aromatic N) is 2. The van der Waals surface area contributed by atoms with Crippen LogP contribution in [0.15, 0.2) is 205 Å². The van der Waals surface area contributed by atoms with Gasteiger partial charge >= 0.3 is 0 Å². The van der Waals surface area contributed by atoms with Crippen LogP contribution in [0.2, 0.25) is 0 Å². The molecule has 3 nitrogen and oxygen atoms in total. The highest BCUT2D eigenvalue weighted by Crippen LogP contribution is 2.48. The summed E-state index contributed by atoms with van der Waals surface area (Å²) in [6.45, 7) is 2.37. The first kappa shape index (κ1) is 33.9. The van der Waals surface area contributed by atoms with Gasteiger partial charge in [0.25, 0.3) is 0 Å². The van der Waals surface area contributed by atoms with Crippen molar-refractivity contribution in [3.63, 3.8) is 0 Å². The van der Waals surface area contributed by atoms with Crippen LogP contribution in [0.3, 0.4) is 0 Å². The molecular weight excluding hydrogens is 705 g/mol. The molecule has 0 amide bonds. The van der Waals surface area contributed by atoms with Crippen LogP contribution in [0.1, 0.15) is 36.1 Å². The molecule has 0 fully saturated rings. The Balaban J connectivity index is 1.01. The Morgan fingerprint density at radius 1 is 0.483 bits per heavy atom. The van der Waals surface area contributed by atoms with Crippen LogP contribution >= 0.6 is 0 Å². The van der Waals surface area contributed by atoms with Crippen LogP contribution < -0.4 is 4.90 Å².